The number of hydrogen-bond donors (Lipinski definition) is 3. The predicted molar refractivity (Wildman–Crippen MR) is 180 cm³/mol. The molecule has 0 aliphatic carbocycles. The number of benzene rings is 4. The van der Waals surface area contributed by atoms with Crippen molar-refractivity contribution in [2.24, 2.45) is 0 Å². The molecular formula is C36H28FN5O3S. The lowest BCUT2D eigenvalue weighted by molar-refractivity contribution is 0.102. The molecule has 0 saturated carbocycles. The zero-order chi connectivity index (χ0) is 31.8. The minimum Gasteiger partial charge on any atom is -0.353 e. The second kappa shape index (κ2) is 11.7. The minimum atomic E-state index is -3.18. The average molecular weight is 630 g/mol. The number of nitrogens with zero attached hydrogens (tertiary/aromatic N) is 2. The molecule has 0 aliphatic heterocycles. The van der Waals surface area contributed by atoms with Crippen molar-refractivity contribution in [2.75, 3.05) is 17.3 Å². The summed E-state index contributed by atoms with van der Waals surface area (Å²) in [6.45, 7) is 0. The summed E-state index contributed by atoms with van der Waals surface area (Å²) in [6.07, 6.45) is 4.77. The fourth-order valence-corrected chi connectivity index (χ4v) is 6.25. The van der Waals surface area contributed by atoms with E-state index >= 15 is 0 Å². The van der Waals surface area contributed by atoms with Crippen LogP contribution in [0.25, 0.3) is 55.4 Å². The van der Waals surface area contributed by atoms with Crippen molar-refractivity contribution >= 4 is 43.2 Å². The van der Waals surface area contributed by atoms with E-state index in [-0.39, 0.29) is 18.1 Å². The Morgan fingerprint density at radius 2 is 1.67 bits per heavy atom. The Labute approximate surface area is 264 Å². The third-order valence-corrected chi connectivity index (χ3v) is 8.82. The van der Waals surface area contributed by atoms with E-state index in [0.29, 0.717) is 28.1 Å². The molecule has 0 bridgehead atoms. The monoisotopic (exact) mass is 629 g/mol. The van der Waals surface area contributed by atoms with E-state index in [2.05, 4.69) is 25.5 Å². The molecule has 46 heavy (non-hydrogen) atoms. The molecule has 1 amide bonds. The Morgan fingerprint density at radius 1 is 0.826 bits per heavy atom. The molecule has 8 nitrogen and oxygen atoms in total. The molecule has 0 aliphatic rings. The van der Waals surface area contributed by atoms with Crippen LogP contribution in [0.1, 0.15) is 15.9 Å². The number of nitrogens with one attached hydrogen (secondary N) is 3. The van der Waals surface area contributed by atoms with Gasteiger partial charge in [-0.3, -0.25) is 14.9 Å². The number of rotatable bonds is 8. The van der Waals surface area contributed by atoms with E-state index in [0.717, 1.165) is 44.2 Å². The van der Waals surface area contributed by atoms with Gasteiger partial charge in [-0.05, 0) is 83.3 Å². The predicted octanol–water partition coefficient (Wildman–Crippen LogP) is 7.42. The van der Waals surface area contributed by atoms with Gasteiger partial charge in [-0.2, -0.15) is 5.10 Å². The van der Waals surface area contributed by atoms with Crippen LogP contribution in [-0.4, -0.2) is 46.5 Å². The van der Waals surface area contributed by atoms with Gasteiger partial charge in [0.1, 0.15) is 21.3 Å². The molecule has 3 N–H and O–H groups in total. The lowest BCUT2D eigenvalue weighted by Gasteiger charge is -2.08. The van der Waals surface area contributed by atoms with Crippen LogP contribution in [0.15, 0.2) is 109 Å². The average Bonchev–Trinajstić information content (AvgIpc) is 3.68. The minimum absolute atomic E-state index is 0.0503. The maximum atomic E-state index is 14.7. The summed E-state index contributed by atoms with van der Waals surface area (Å²) in [5, 5.41) is 12.4. The number of fused-ring (bicyclic) bond motifs is 2. The van der Waals surface area contributed by atoms with Gasteiger partial charge in [0.15, 0.2) is 0 Å². The van der Waals surface area contributed by atoms with Gasteiger partial charge in [0, 0.05) is 39.9 Å². The van der Waals surface area contributed by atoms with Gasteiger partial charge in [-0.15, -0.1) is 0 Å². The number of aromatic nitrogens is 4. The fraction of sp³-hybridized carbons (Fsp3) is 0.0833. The van der Waals surface area contributed by atoms with Crippen molar-refractivity contribution in [1.82, 2.24) is 20.2 Å². The summed E-state index contributed by atoms with van der Waals surface area (Å²) in [6, 6.07) is 29.3. The summed E-state index contributed by atoms with van der Waals surface area (Å²) in [4.78, 5) is 20.5. The van der Waals surface area contributed by atoms with E-state index in [1.807, 2.05) is 72.8 Å². The molecular weight excluding hydrogens is 601 g/mol. The van der Waals surface area contributed by atoms with E-state index in [9.17, 15) is 17.6 Å². The third-order valence-electron chi connectivity index (χ3n) is 7.88. The summed E-state index contributed by atoms with van der Waals surface area (Å²) in [5.74, 6) is -0.683. The van der Waals surface area contributed by atoms with E-state index in [4.69, 9.17) is 0 Å². The molecule has 0 saturated heterocycles. The first-order valence-corrected chi connectivity index (χ1v) is 16.7. The van der Waals surface area contributed by atoms with Crippen molar-refractivity contribution in [1.29, 1.82) is 0 Å². The maximum absolute atomic E-state index is 14.7. The highest BCUT2D eigenvalue weighted by Gasteiger charge is 2.16. The van der Waals surface area contributed by atoms with Gasteiger partial charge in [-0.1, -0.05) is 42.5 Å². The fourth-order valence-electron chi connectivity index (χ4n) is 5.65. The Balaban J connectivity index is 1.22. The molecule has 7 rings (SSSR count). The number of aryl methyl sites for hydroxylation is 1. The molecule has 0 spiro atoms. The first-order valence-electron chi connectivity index (χ1n) is 14.6. The standard InChI is InChI=1S/C36H28FN5O3S/c1-46(44,45)13-12-22-14-25(16-27(37)15-22)29-8-5-9-32-30(29)19-34(40-32)35-31-18-24(10-11-33(31)41-42-35)26-17-28(21-38-20-26)39-36(43)23-6-3-2-4-7-23/h2-11,14-21,40H,12-13H2,1H3,(H,39,43)(H,41,42). The van der Waals surface area contributed by atoms with Crippen LogP contribution in [0, 0.1) is 5.82 Å². The molecule has 0 fully saturated rings. The molecule has 7 aromatic rings. The molecule has 10 heteroatoms. The number of halogens is 1. The lowest BCUT2D eigenvalue weighted by Crippen LogP contribution is -2.11. The normalized spacial score (nSPS) is 11.7. The Kier molecular flexibility index (Phi) is 7.42. The first-order chi connectivity index (χ1) is 22.2. The van der Waals surface area contributed by atoms with Crippen LogP contribution < -0.4 is 5.32 Å². The number of carbonyl (C=O) groups excluding carboxylic acids is 1. The van der Waals surface area contributed by atoms with Gasteiger partial charge < -0.3 is 10.3 Å². The molecule has 228 valence electrons. The number of hydrogen-bond acceptors (Lipinski definition) is 5. The number of anilines is 1. The first kappa shape index (κ1) is 29.1. The topological polar surface area (TPSA) is 121 Å². The van der Waals surface area contributed by atoms with E-state index < -0.39 is 15.7 Å². The largest absolute Gasteiger partial charge is 0.353 e. The van der Waals surface area contributed by atoms with Crippen LogP contribution in [-0.2, 0) is 16.3 Å². The van der Waals surface area contributed by atoms with Crippen molar-refractivity contribution in [3.63, 3.8) is 0 Å². The lowest BCUT2D eigenvalue weighted by atomic mass is 9.98. The summed E-state index contributed by atoms with van der Waals surface area (Å²) in [7, 11) is -3.18. The maximum Gasteiger partial charge on any atom is 0.255 e. The van der Waals surface area contributed by atoms with Crippen LogP contribution >= 0.6 is 0 Å². The second-order valence-electron chi connectivity index (χ2n) is 11.3. The zero-order valence-electron chi connectivity index (χ0n) is 24.7. The number of sulfone groups is 1. The molecule has 4 aromatic carbocycles. The van der Waals surface area contributed by atoms with Crippen molar-refractivity contribution < 1.29 is 17.6 Å². The Morgan fingerprint density at radius 3 is 2.50 bits per heavy atom. The molecule has 0 unspecified atom stereocenters. The SMILES string of the molecule is CS(=O)(=O)CCc1cc(F)cc(-c2cccc3[nH]c(-c4n[nH]c5ccc(-c6cncc(NC(=O)c7ccccc7)c6)cc45)cc23)c1. The highest BCUT2D eigenvalue weighted by atomic mass is 32.2. The van der Waals surface area contributed by atoms with Gasteiger partial charge in [0.25, 0.3) is 5.91 Å². The van der Waals surface area contributed by atoms with E-state index in [1.165, 1.54) is 18.4 Å². The third kappa shape index (κ3) is 6.02. The summed E-state index contributed by atoms with van der Waals surface area (Å²) >= 11 is 0. The Bertz CT molecular complexity index is 2360. The smallest absolute Gasteiger partial charge is 0.255 e. The van der Waals surface area contributed by atoms with Gasteiger partial charge in [-0.25, -0.2) is 12.8 Å². The number of amides is 1. The molecule has 0 radical (unpaired) electrons. The highest BCUT2D eigenvalue weighted by molar-refractivity contribution is 7.90. The highest BCUT2D eigenvalue weighted by Crippen LogP contribution is 2.36. The Hall–Kier alpha value is -5.61. The number of H-pyrrole nitrogens is 2. The summed E-state index contributed by atoms with van der Waals surface area (Å²) in [5.41, 5.74) is 8.18. The summed E-state index contributed by atoms with van der Waals surface area (Å²) < 4.78 is 38.1. The molecule has 3 heterocycles. The van der Waals surface area contributed by atoms with Crippen molar-refractivity contribution in [2.45, 2.75) is 6.42 Å². The zero-order valence-corrected chi connectivity index (χ0v) is 25.5. The van der Waals surface area contributed by atoms with Gasteiger partial charge >= 0.3 is 0 Å². The quantitative estimate of drug-likeness (QED) is 0.162. The van der Waals surface area contributed by atoms with Gasteiger partial charge in [0.2, 0.25) is 0 Å². The number of aromatic amines is 2. The molecule has 0 atom stereocenters. The van der Waals surface area contributed by atoms with Crippen LogP contribution in [0.2, 0.25) is 0 Å². The van der Waals surface area contributed by atoms with E-state index in [1.54, 1.807) is 24.5 Å². The molecule has 3 aromatic heterocycles. The second-order valence-corrected chi connectivity index (χ2v) is 13.6. The number of carbonyl (C=O) groups is 1. The number of pyridine rings is 1. The van der Waals surface area contributed by atoms with Crippen LogP contribution in [0.3, 0.4) is 0 Å². The van der Waals surface area contributed by atoms with Crippen LogP contribution in [0.5, 0.6) is 0 Å². The van der Waals surface area contributed by atoms with Crippen molar-refractivity contribution in [3.8, 4) is 33.6 Å². The van der Waals surface area contributed by atoms with Crippen LogP contribution in [0.4, 0.5) is 10.1 Å². The van der Waals surface area contributed by atoms with Gasteiger partial charge in [0.05, 0.1) is 28.8 Å². The van der Waals surface area contributed by atoms with Crippen molar-refractivity contribution in [3.05, 3.63) is 126 Å².